The first-order chi connectivity index (χ1) is 12.5. The summed E-state index contributed by atoms with van der Waals surface area (Å²) in [5.41, 5.74) is 0.430. The maximum absolute atomic E-state index is 13.1. The Morgan fingerprint density at radius 3 is 2.92 bits per heavy atom. The highest BCUT2D eigenvalue weighted by molar-refractivity contribution is 7.89. The molecule has 0 unspecified atom stereocenters. The molecular formula is C17H24N4O4S. The van der Waals surface area contributed by atoms with Gasteiger partial charge in [0.2, 0.25) is 5.09 Å². The number of piperidine rings is 2. The van der Waals surface area contributed by atoms with Gasteiger partial charge in [-0.15, -0.1) is 0 Å². The second-order valence-corrected chi connectivity index (χ2v) is 9.19. The molecule has 2 aromatic heterocycles. The Morgan fingerprint density at radius 1 is 1.35 bits per heavy atom. The van der Waals surface area contributed by atoms with Crippen LogP contribution >= 0.6 is 0 Å². The van der Waals surface area contributed by atoms with E-state index in [1.165, 1.54) is 10.4 Å². The molecule has 26 heavy (non-hydrogen) atoms. The van der Waals surface area contributed by atoms with Crippen molar-refractivity contribution < 1.29 is 17.9 Å². The molecule has 2 aromatic rings. The average Bonchev–Trinajstić information content (AvgIpc) is 3.33. The zero-order chi connectivity index (χ0) is 18.4. The maximum atomic E-state index is 13.1. The lowest BCUT2D eigenvalue weighted by Crippen LogP contribution is -2.62. The summed E-state index contributed by atoms with van der Waals surface area (Å²) in [4.78, 5) is 2.18. The molecule has 0 radical (unpaired) electrons. The summed E-state index contributed by atoms with van der Waals surface area (Å²) in [7, 11) is -1.71. The quantitative estimate of drug-likeness (QED) is 0.825. The Bertz CT molecular complexity index is 863. The van der Waals surface area contributed by atoms with Crippen molar-refractivity contribution in [2.75, 3.05) is 33.3 Å². The Labute approximate surface area is 152 Å². The summed E-state index contributed by atoms with van der Waals surface area (Å²) in [6, 6.07) is 4.87. The van der Waals surface area contributed by atoms with Crippen LogP contribution in [-0.2, 0) is 10.0 Å². The van der Waals surface area contributed by atoms with Crippen molar-refractivity contribution in [3.05, 3.63) is 24.4 Å². The number of H-pyrrole nitrogens is 1. The van der Waals surface area contributed by atoms with E-state index in [0.717, 1.165) is 19.4 Å². The fourth-order valence-corrected chi connectivity index (χ4v) is 5.69. The molecule has 2 aliphatic heterocycles. The Morgan fingerprint density at radius 2 is 2.19 bits per heavy atom. The van der Waals surface area contributed by atoms with Crippen molar-refractivity contribution in [1.82, 2.24) is 19.4 Å². The number of hydrogen-bond donors (Lipinski definition) is 2. The van der Waals surface area contributed by atoms with Crippen LogP contribution in [0.25, 0.3) is 11.5 Å². The summed E-state index contributed by atoms with van der Waals surface area (Å²) in [6.07, 6.45) is 4.22. The lowest BCUT2D eigenvalue weighted by atomic mass is 9.69. The summed E-state index contributed by atoms with van der Waals surface area (Å²) in [5.74, 6) is 0.442. The fourth-order valence-electron chi connectivity index (χ4n) is 4.33. The Balaban J connectivity index is 1.59. The van der Waals surface area contributed by atoms with Crippen LogP contribution in [-0.4, -0.2) is 72.3 Å². The number of aromatic amines is 1. The van der Waals surface area contributed by atoms with E-state index >= 15 is 0 Å². The van der Waals surface area contributed by atoms with Gasteiger partial charge in [-0.25, -0.2) is 8.42 Å². The number of aliphatic hydroxyl groups excluding tert-OH is 1. The smallest absolute Gasteiger partial charge is 0.276 e. The van der Waals surface area contributed by atoms with Crippen LogP contribution in [0, 0.1) is 5.41 Å². The SMILES string of the molecule is CN1CCC[C@]2(CO)CCN(S(=O)(=O)c3ccc(-c4ccn[nH]4)o3)C[C@@H]12. The number of furan rings is 1. The Kier molecular flexibility index (Phi) is 4.42. The van der Waals surface area contributed by atoms with Gasteiger partial charge in [-0.05, 0) is 51.1 Å². The monoisotopic (exact) mass is 380 g/mol. The molecule has 0 amide bonds. The molecule has 2 N–H and O–H groups in total. The van der Waals surface area contributed by atoms with Crippen LogP contribution in [0.5, 0.6) is 0 Å². The highest BCUT2D eigenvalue weighted by Crippen LogP contribution is 2.42. The molecule has 142 valence electrons. The standard InChI is InChI=1S/C17H24N4O4S/c1-20-9-2-6-17(12-22)7-10-21(11-15(17)20)26(23,24)16-4-3-14(25-16)13-5-8-18-19-13/h3-5,8,15,22H,2,6-7,9-12H2,1H3,(H,18,19)/t15-,17-/m1/s1. The molecule has 0 aromatic carbocycles. The number of hydrogen-bond acceptors (Lipinski definition) is 6. The minimum Gasteiger partial charge on any atom is -0.442 e. The van der Waals surface area contributed by atoms with Gasteiger partial charge < -0.3 is 14.4 Å². The molecule has 2 atom stereocenters. The van der Waals surface area contributed by atoms with Gasteiger partial charge in [-0.2, -0.15) is 9.40 Å². The minimum absolute atomic E-state index is 0.0202. The highest BCUT2D eigenvalue weighted by atomic mass is 32.2. The number of aromatic nitrogens is 2. The third-order valence-electron chi connectivity index (χ3n) is 5.92. The third-order valence-corrected chi connectivity index (χ3v) is 7.66. The van der Waals surface area contributed by atoms with Gasteiger partial charge >= 0.3 is 0 Å². The summed E-state index contributed by atoms with van der Waals surface area (Å²) in [5, 5.41) is 16.6. The van der Waals surface area contributed by atoms with Crippen LogP contribution in [0.2, 0.25) is 0 Å². The molecule has 0 aliphatic carbocycles. The second-order valence-electron chi connectivity index (χ2n) is 7.32. The second kappa shape index (κ2) is 6.49. The lowest BCUT2D eigenvalue weighted by molar-refractivity contribution is -0.0510. The number of aliphatic hydroxyl groups is 1. The van der Waals surface area contributed by atoms with Crippen molar-refractivity contribution >= 4 is 10.0 Å². The molecule has 8 nitrogen and oxygen atoms in total. The first kappa shape index (κ1) is 17.7. The molecule has 0 spiro atoms. The van der Waals surface area contributed by atoms with Gasteiger partial charge in [0.05, 0.1) is 6.61 Å². The van der Waals surface area contributed by atoms with Crippen molar-refractivity contribution in [3.8, 4) is 11.5 Å². The van der Waals surface area contributed by atoms with E-state index in [4.69, 9.17) is 4.42 Å². The topological polar surface area (TPSA) is 103 Å². The van der Waals surface area contributed by atoms with Crippen LogP contribution in [0.1, 0.15) is 19.3 Å². The number of nitrogens with one attached hydrogen (secondary N) is 1. The van der Waals surface area contributed by atoms with E-state index in [-0.39, 0.29) is 23.2 Å². The van der Waals surface area contributed by atoms with Crippen molar-refractivity contribution in [1.29, 1.82) is 0 Å². The van der Waals surface area contributed by atoms with Crippen molar-refractivity contribution in [2.45, 2.75) is 30.4 Å². The van der Waals surface area contributed by atoms with Gasteiger partial charge in [0.1, 0.15) is 5.69 Å². The largest absolute Gasteiger partial charge is 0.442 e. The summed E-state index contributed by atoms with van der Waals surface area (Å²) in [6.45, 7) is 1.79. The van der Waals surface area contributed by atoms with E-state index < -0.39 is 10.0 Å². The molecule has 4 rings (SSSR count). The molecule has 2 fully saturated rings. The molecule has 2 saturated heterocycles. The van der Waals surface area contributed by atoms with Crippen LogP contribution in [0.4, 0.5) is 0 Å². The van der Waals surface area contributed by atoms with Gasteiger partial charge in [-0.1, -0.05) is 0 Å². The first-order valence-electron chi connectivity index (χ1n) is 8.87. The number of nitrogens with zero attached hydrogens (tertiary/aromatic N) is 3. The molecular weight excluding hydrogens is 356 g/mol. The van der Waals surface area contributed by atoms with Crippen LogP contribution in [0.15, 0.2) is 33.9 Å². The number of likely N-dealkylation sites (tertiary alicyclic amines) is 1. The van der Waals surface area contributed by atoms with Gasteiger partial charge in [0.15, 0.2) is 5.76 Å². The Hall–Kier alpha value is -1.68. The van der Waals surface area contributed by atoms with E-state index in [9.17, 15) is 13.5 Å². The van der Waals surface area contributed by atoms with Crippen LogP contribution < -0.4 is 0 Å². The average molecular weight is 380 g/mol. The highest BCUT2D eigenvalue weighted by Gasteiger charge is 2.49. The summed E-state index contributed by atoms with van der Waals surface area (Å²) < 4.78 is 33.2. The zero-order valence-electron chi connectivity index (χ0n) is 14.8. The predicted molar refractivity (Wildman–Crippen MR) is 94.8 cm³/mol. The van der Waals surface area contributed by atoms with E-state index in [2.05, 4.69) is 15.1 Å². The van der Waals surface area contributed by atoms with Gasteiger partial charge in [-0.3, -0.25) is 5.10 Å². The zero-order valence-corrected chi connectivity index (χ0v) is 15.6. The van der Waals surface area contributed by atoms with Crippen molar-refractivity contribution in [2.24, 2.45) is 5.41 Å². The molecule has 4 heterocycles. The van der Waals surface area contributed by atoms with E-state index in [0.29, 0.717) is 31.0 Å². The van der Waals surface area contributed by atoms with Crippen LogP contribution in [0.3, 0.4) is 0 Å². The van der Waals surface area contributed by atoms with Gasteiger partial charge in [0.25, 0.3) is 10.0 Å². The van der Waals surface area contributed by atoms with Crippen molar-refractivity contribution in [3.63, 3.8) is 0 Å². The van der Waals surface area contributed by atoms with Gasteiger partial charge in [0, 0.05) is 30.7 Å². The first-order valence-corrected chi connectivity index (χ1v) is 10.3. The lowest BCUT2D eigenvalue weighted by Gasteiger charge is -2.53. The maximum Gasteiger partial charge on any atom is 0.276 e. The predicted octanol–water partition coefficient (Wildman–Crippen LogP) is 1.14. The van der Waals surface area contributed by atoms with E-state index in [1.54, 1.807) is 18.3 Å². The summed E-state index contributed by atoms with van der Waals surface area (Å²) >= 11 is 0. The number of rotatable bonds is 4. The molecule has 2 aliphatic rings. The number of likely N-dealkylation sites (N-methyl/N-ethyl adjacent to an activating group) is 1. The molecule has 0 bridgehead atoms. The number of sulfonamides is 1. The fraction of sp³-hybridized carbons (Fsp3) is 0.588. The molecule has 0 saturated carbocycles. The normalized spacial score (nSPS) is 28.2. The number of fused-ring (bicyclic) bond motifs is 1. The van der Waals surface area contributed by atoms with E-state index in [1.807, 2.05) is 7.05 Å². The minimum atomic E-state index is -3.72. The molecule has 9 heteroatoms. The third kappa shape index (κ3) is 2.79.